The lowest BCUT2D eigenvalue weighted by Gasteiger charge is -2.36. The molecule has 0 spiro atoms. The Labute approximate surface area is 150 Å². The first-order valence-corrected chi connectivity index (χ1v) is 9.27. The van der Waals surface area contributed by atoms with Gasteiger partial charge in [-0.2, -0.15) is 4.98 Å². The summed E-state index contributed by atoms with van der Waals surface area (Å²) in [4.78, 5) is 20.8. The fourth-order valence-corrected chi connectivity index (χ4v) is 3.27. The van der Waals surface area contributed by atoms with Gasteiger partial charge < -0.3 is 19.3 Å². The van der Waals surface area contributed by atoms with E-state index in [0.717, 1.165) is 31.7 Å². The number of pyridine rings is 1. The molecule has 1 amide bonds. The summed E-state index contributed by atoms with van der Waals surface area (Å²) in [6.45, 7) is 8.45. The van der Waals surface area contributed by atoms with Crippen LogP contribution in [0, 0.1) is 0 Å². The van der Waals surface area contributed by atoms with Crippen molar-refractivity contribution < 1.29 is 14.3 Å². The highest BCUT2D eigenvalue weighted by molar-refractivity contribution is 5.68. The minimum Gasteiger partial charge on any atom is -0.474 e. The fraction of sp³-hybridized carbons (Fsp3) is 0.684. The molecule has 2 heterocycles. The Bertz CT molecular complexity index is 586. The molecule has 0 unspecified atom stereocenters. The molecule has 2 fully saturated rings. The van der Waals surface area contributed by atoms with Crippen LogP contribution in [0.2, 0.25) is 0 Å². The first-order chi connectivity index (χ1) is 11.9. The fourth-order valence-electron chi connectivity index (χ4n) is 3.27. The molecule has 0 radical (unpaired) electrons. The lowest BCUT2D eigenvalue weighted by atomic mass is 10.2. The molecule has 1 aromatic heterocycles. The maximum absolute atomic E-state index is 12.2. The Hall–Kier alpha value is -1.98. The van der Waals surface area contributed by atoms with Gasteiger partial charge in [-0.1, -0.05) is 6.07 Å². The van der Waals surface area contributed by atoms with Crippen molar-refractivity contribution in [1.82, 2.24) is 9.88 Å². The molecule has 1 saturated heterocycles. The van der Waals surface area contributed by atoms with Gasteiger partial charge in [-0.15, -0.1) is 0 Å². The number of carbonyl (C=O) groups is 1. The molecule has 1 aliphatic heterocycles. The van der Waals surface area contributed by atoms with Crippen molar-refractivity contribution in [1.29, 1.82) is 0 Å². The zero-order chi connectivity index (χ0) is 17.9. The first kappa shape index (κ1) is 17.8. The highest BCUT2D eigenvalue weighted by Gasteiger charge is 2.26. The lowest BCUT2D eigenvalue weighted by Crippen LogP contribution is -2.50. The van der Waals surface area contributed by atoms with Gasteiger partial charge in [0.1, 0.15) is 17.5 Å². The van der Waals surface area contributed by atoms with Crippen molar-refractivity contribution in [3.05, 3.63) is 18.2 Å². The monoisotopic (exact) mass is 347 g/mol. The summed E-state index contributed by atoms with van der Waals surface area (Å²) in [5.74, 6) is 1.62. The van der Waals surface area contributed by atoms with Crippen molar-refractivity contribution in [3.63, 3.8) is 0 Å². The average Bonchev–Trinajstić information content (AvgIpc) is 3.07. The molecule has 0 bridgehead atoms. The molecular weight excluding hydrogens is 318 g/mol. The summed E-state index contributed by atoms with van der Waals surface area (Å²) in [5, 5.41) is 0. The summed E-state index contributed by atoms with van der Waals surface area (Å²) in [6, 6.07) is 5.93. The van der Waals surface area contributed by atoms with Crippen LogP contribution in [-0.2, 0) is 4.74 Å². The number of nitrogens with zero attached hydrogens (tertiary/aromatic N) is 3. The highest BCUT2D eigenvalue weighted by atomic mass is 16.6. The van der Waals surface area contributed by atoms with E-state index >= 15 is 0 Å². The van der Waals surface area contributed by atoms with Gasteiger partial charge in [0.05, 0.1) is 0 Å². The molecule has 1 aliphatic carbocycles. The predicted molar refractivity (Wildman–Crippen MR) is 97.1 cm³/mol. The Morgan fingerprint density at radius 1 is 1.12 bits per heavy atom. The molecular formula is C19H29N3O3. The second kappa shape index (κ2) is 7.50. The molecule has 25 heavy (non-hydrogen) atoms. The van der Waals surface area contributed by atoms with Gasteiger partial charge in [0.15, 0.2) is 0 Å². The molecule has 2 aliphatic rings. The van der Waals surface area contributed by atoms with Gasteiger partial charge in [-0.3, -0.25) is 0 Å². The van der Waals surface area contributed by atoms with Crippen LogP contribution >= 0.6 is 0 Å². The Morgan fingerprint density at radius 2 is 1.80 bits per heavy atom. The highest BCUT2D eigenvalue weighted by Crippen LogP contribution is 2.25. The molecule has 6 nitrogen and oxygen atoms in total. The van der Waals surface area contributed by atoms with Crippen LogP contribution in [0.1, 0.15) is 46.5 Å². The van der Waals surface area contributed by atoms with Crippen molar-refractivity contribution >= 4 is 11.9 Å². The minimum atomic E-state index is -0.457. The van der Waals surface area contributed by atoms with E-state index < -0.39 is 5.60 Å². The van der Waals surface area contributed by atoms with E-state index in [1.807, 2.05) is 39.0 Å². The smallest absolute Gasteiger partial charge is 0.410 e. The third kappa shape index (κ3) is 5.00. The number of carbonyl (C=O) groups excluding carboxylic acids is 1. The van der Waals surface area contributed by atoms with Crippen molar-refractivity contribution in [2.24, 2.45) is 0 Å². The van der Waals surface area contributed by atoms with E-state index in [9.17, 15) is 4.79 Å². The van der Waals surface area contributed by atoms with Gasteiger partial charge in [0, 0.05) is 32.2 Å². The van der Waals surface area contributed by atoms with E-state index in [4.69, 9.17) is 9.47 Å². The number of piperazine rings is 1. The van der Waals surface area contributed by atoms with Crippen LogP contribution in [0.4, 0.5) is 10.6 Å². The molecule has 1 saturated carbocycles. The van der Waals surface area contributed by atoms with Crippen molar-refractivity contribution in [2.45, 2.75) is 58.2 Å². The lowest BCUT2D eigenvalue weighted by molar-refractivity contribution is 0.0240. The van der Waals surface area contributed by atoms with E-state index in [0.29, 0.717) is 25.1 Å². The number of amides is 1. The third-order valence-electron chi connectivity index (χ3n) is 4.55. The Kier molecular flexibility index (Phi) is 5.35. The summed E-state index contributed by atoms with van der Waals surface area (Å²) < 4.78 is 11.4. The number of aromatic nitrogens is 1. The normalized spacial score (nSPS) is 19.2. The van der Waals surface area contributed by atoms with Crippen molar-refractivity contribution in [3.8, 4) is 5.88 Å². The molecule has 6 heteroatoms. The van der Waals surface area contributed by atoms with Crippen LogP contribution in [-0.4, -0.2) is 53.9 Å². The standard InChI is InChI=1S/C19H29N3O3/c1-19(2,3)25-18(23)22-13-11-21(12-14-22)16-9-6-10-17(20-16)24-15-7-4-5-8-15/h6,9-10,15H,4-5,7-8,11-14H2,1-3H3. The average molecular weight is 347 g/mol. The molecule has 0 N–H and O–H groups in total. The van der Waals surface area contributed by atoms with Crippen LogP contribution in [0.25, 0.3) is 0 Å². The van der Waals surface area contributed by atoms with Gasteiger partial charge in [-0.25, -0.2) is 4.79 Å². The second-order valence-corrected chi connectivity index (χ2v) is 7.81. The maximum atomic E-state index is 12.2. The second-order valence-electron chi connectivity index (χ2n) is 7.81. The molecule has 138 valence electrons. The number of hydrogen-bond acceptors (Lipinski definition) is 5. The van der Waals surface area contributed by atoms with Gasteiger partial charge in [0.25, 0.3) is 0 Å². The van der Waals surface area contributed by atoms with Crippen molar-refractivity contribution in [2.75, 3.05) is 31.1 Å². The zero-order valence-electron chi connectivity index (χ0n) is 15.5. The maximum Gasteiger partial charge on any atom is 0.410 e. The quantitative estimate of drug-likeness (QED) is 0.838. The van der Waals surface area contributed by atoms with Crippen LogP contribution in [0.5, 0.6) is 5.88 Å². The van der Waals surface area contributed by atoms with Crippen LogP contribution in [0.15, 0.2) is 18.2 Å². The number of ether oxygens (including phenoxy) is 2. The Morgan fingerprint density at radius 3 is 2.44 bits per heavy atom. The van der Waals surface area contributed by atoms with Gasteiger partial charge in [-0.05, 0) is 52.5 Å². The van der Waals surface area contributed by atoms with Gasteiger partial charge >= 0.3 is 6.09 Å². The zero-order valence-corrected chi connectivity index (χ0v) is 15.5. The molecule has 0 atom stereocenters. The first-order valence-electron chi connectivity index (χ1n) is 9.27. The molecule has 1 aromatic rings. The van der Waals surface area contributed by atoms with Crippen LogP contribution in [0.3, 0.4) is 0 Å². The summed E-state index contributed by atoms with van der Waals surface area (Å²) in [5.41, 5.74) is -0.457. The van der Waals surface area contributed by atoms with Crippen LogP contribution < -0.4 is 9.64 Å². The topological polar surface area (TPSA) is 54.9 Å². The number of hydrogen-bond donors (Lipinski definition) is 0. The minimum absolute atomic E-state index is 0.238. The SMILES string of the molecule is CC(C)(C)OC(=O)N1CCN(c2cccc(OC3CCCC3)n2)CC1. The number of anilines is 1. The molecule has 0 aromatic carbocycles. The van der Waals surface area contributed by atoms with E-state index in [-0.39, 0.29) is 6.09 Å². The predicted octanol–water partition coefficient (Wildman–Crippen LogP) is 3.46. The summed E-state index contributed by atoms with van der Waals surface area (Å²) in [6.07, 6.45) is 4.82. The summed E-state index contributed by atoms with van der Waals surface area (Å²) in [7, 11) is 0. The van der Waals surface area contributed by atoms with E-state index in [2.05, 4.69) is 9.88 Å². The van der Waals surface area contributed by atoms with E-state index in [1.165, 1.54) is 12.8 Å². The van der Waals surface area contributed by atoms with E-state index in [1.54, 1.807) is 4.90 Å². The molecule has 3 rings (SSSR count). The third-order valence-corrected chi connectivity index (χ3v) is 4.55. The largest absolute Gasteiger partial charge is 0.474 e. The number of rotatable bonds is 3. The Balaban J connectivity index is 1.54. The van der Waals surface area contributed by atoms with Gasteiger partial charge in [0.2, 0.25) is 5.88 Å². The summed E-state index contributed by atoms with van der Waals surface area (Å²) >= 11 is 0.